The molecule has 0 bridgehead atoms. The number of hydrogen-bond donors (Lipinski definition) is 2. The molecular weight excluding hydrogens is 330 g/mol. The van der Waals surface area contributed by atoms with E-state index < -0.39 is 30.4 Å². The summed E-state index contributed by atoms with van der Waals surface area (Å²) in [5.41, 5.74) is 5.97. The molecule has 2 amide bonds. The van der Waals surface area contributed by atoms with Gasteiger partial charge in [0.05, 0.1) is 0 Å². The van der Waals surface area contributed by atoms with Crippen LogP contribution in [0.25, 0.3) is 0 Å². The number of hydrogen-bond acceptors (Lipinski definition) is 5. The van der Waals surface area contributed by atoms with E-state index in [1.807, 2.05) is 0 Å². The first-order valence-corrected chi connectivity index (χ1v) is 6.51. The summed E-state index contributed by atoms with van der Waals surface area (Å²) in [6.07, 6.45) is 1.78. The maximum Gasteiger partial charge on any atom is 0.303 e. The molecule has 0 saturated heterocycles. The highest BCUT2D eigenvalue weighted by Gasteiger charge is 2.20. The van der Waals surface area contributed by atoms with E-state index in [-0.39, 0.29) is 6.42 Å². The Morgan fingerprint density at radius 2 is 2.20 bits per heavy atom. The Morgan fingerprint density at radius 1 is 1.50 bits per heavy atom. The van der Waals surface area contributed by atoms with E-state index in [4.69, 9.17) is 5.73 Å². The molecule has 1 aromatic heterocycles. The van der Waals surface area contributed by atoms with E-state index >= 15 is 0 Å². The van der Waals surface area contributed by atoms with Gasteiger partial charge >= 0.3 is 5.97 Å². The van der Waals surface area contributed by atoms with Crippen molar-refractivity contribution in [3.8, 4) is 0 Å². The first-order valence-electron chi connectivity index (χ1n) is 5.71. The van der Waals surface area contributed by atoms with E-state index in [0.29, 0.717) is 4.60 Å². The van der Waals surface area contributed by atoms with Gasteiger partial charge in [-0.25, -0.2) is 4.98 Å². The lowest BCUT2D eigenvalue weighted by Gasteiger charge is -2.15. The fourth-order valence-corrected chi connectivity index (χ4v) is 1.83. The molecule has 0 aromatic carbocycles. The lowest BCUT2D eigenvalue weighted by Crippen LogP contribution is -2.47. The number of primary amides is 1. The van der Waals surface area contributed by atoms with Gasteiger partial charge in [0.2, 0.25) is 5.91 Å². The number of nitrogens with zero attached hydrogens (tertiary/aromatic N) is 1. The number of aromatic nitrogens is 1. The van der Waals surface area contributed by atoms with Crippen LogP contribution in [0.3, 0.4) is 0 Å². The summed E-state index contributed by atoms with van der Waals surface area (Å²) in [5, 5.41) is 2.41. The molecule has 1 heterocycles. The molecule has 0 unspecified atom stereocenters. The van der Waals surface area contributed by atoms with Crippen LogP contribution in [0.5, 0.6) is 0 Å². The van der Waals surface area contributed by atoms with Crippen LogP contribution in [0.4, 0.5) is 0 Å². The second-order valence-corrected chi connectivity index (χ2v) is 4.71. The van der Waals surface area contributed by atoms with Crippen molar-refractivity contribution in [3.63, 3.8) is 0 Å². The summed E-state index contributed by atoms with van der Waals surface area (Å²) in [7, 11) is 0. The van der Waals surface area contributed by atoms with Crippen LogP contribution in [-0.2, 0) is 25.5 Å². The van der Waals surface area contributed by atoms with Gasteiger partial charge in [-0.15, -0.1) is 0 Å². The molecule has 0 saturated carbocycles. The zero-order chi connectivity index (χ0) is 15.1. The molecule has 8 heteroatoms. The quantitative estimate of drug-likeness (QED) is 0.554. The molecule has 0 aliphatic carbocycles. The second kappa shape index (κ2) is 7.59. The first-order chi connectivity index (χ1) is 9.40. The van der Waals surface area contributed by atoms with E-state index in [0.717, 1.165) is 5.56 Å². The number of carbonyl (C=O) groups is 3. The number of carbonyl (C=O) groups excluding carboxylic acids is 3. The maximum absolute atomic E-state index is 11.5. The van der Waals surface area contributed by atoms with Crippen molar-refractivity contribution in [2.75, 3.05) is 6.61 Å². The molecule has 1 rings (SSSR count). The van der Waals surface area contributed by atoms with Crippen LogP contribution in [0, 0.1) is 0 Å². The minimum absolute atomic E-state index is 0.190. The van der Waals surface area contributed by atoms with Gasteiger partial charge in [-0.3, -0.25) is 14.4 Å². The van der Waals surface area contributed by atoms with Crippen LogP contribution in [-0.4, -0.2) is 35.4 Å². The predicted molar refractivity (Wildman–Crippen MR) is 73.4 cm³/mol. The summed E-state index contributed by atoms with van der Waals surface area (Å²) in [6, 6.07) is 2.56. The van der Waals surface area contributed by atoms with Gasteiger partial charge in [-0.1, -0.05) is 6.07 Å². The zero-order valence-corrected chi connectivity index (χ0v) is 12.3. The number of pyridine rings is 1. The fourth-order valence-electron chi connectivity index (χ4n) is 1.42. The normalized spacial score (nSPS) is 11.5. The van der Waals surface area contributed by atoms with Crippen molar-refractivity contribution in [3.05, 3.63) is 28.5 Å². The fraction of sp³-hybridized carbons (Fsp3) is 0.333. The maximum atomic E-state index is 11.5. The van der Waals surface area contributed by atoms with E-state index in [9.17, 15) is 14.4 Å². The summed E-state index contributed by atoms with van der Waals surface area (Å²) < 4.78 is 5.10. The molecular formula is C12H14BrN3O4. The highest BCUT2D eigenvalue weighted by atomic mass is 79.9. The minimum Gasteiger partial charge on any atom is -0.456 e. The van der Waals surface area contributed by atoms with Gasteiger partial charge in [0.1, 0.15) is 10.6 Å². The molecule has 0 aliphatic heterocycles. The largest absolute Gasteiger partial charge is 0.456 e. The number of ether oxygens (including phenoxy) is 1. The third-order valence-electron chi connectivity index (χ3n) is 2.35. The molecule has 1 aromatic rings. The Kier molecular flexibility index (Phi) is 6.10. The Labute approximate surface area is 124 Å². The molecule has 3 N–H and O–H groups in total. The van der Waals surface area contributed by atoms with Crippen LogP contribution >= 0.6 is 15.9 Å². The van der Waals surface area contributed by atoms with Crippen molar-refractivity contribution >= 4 is 33.7 Å². The van der Waals surface area contributed by atoms with Crippen molar-refractivity contribution < 1.29 is 19.1 Å². The molecule has 20 heavy (non-hydrogen) atoms. The Morgan fingerprint density at radius 3 is 2.75 bits per heavy atom. The lowest BCUT2D eigenvalue weighted by atomic mass is 10.1. The molecule has 0 radical (unpaired) electrons. The van der Waals surface area contributed by atoms with Crippen molar-refractivity contribution in [1.82, 2.24) is 10.3 Å². The topological polar surface area (TPSA) is 111 Å². The first kappa shape index (κ1) is 16.1. The minimum atomic E-state index is -0.904. The Hall–Kier alpha value is -1.96. The molecule has 108 valence electrons. The van der Waals surface area contributed by atoms with Crippen LogP contribution < -0.4 is 11.1 Å². The third-order valence-corrected chi connectivity index (χ3v) is 3.06. The van der Waals surface area contributed by atoms with Gasteiger partial charge in [0, 0.05) is 19.5 Å². The second-order valence-electron chi connectivity index (χ2n) is 3.96. The summed E-state index contributed by atoms with van der Waals surface area (Å²) >= 11 is 3.24. The number of halogens is 1. The van der Waals surface area contributed by atoms with Crippen LogP contribution in [0.15, 0.2) is 22.9 Å². The molecule has 7 nitrogen and oxygen atoms in total. The molecule has 0 fully saturated rings. The third kappa shape index (κ3) is 5.35. The Bertz CT molecular complexity index is 521. The van der Waals surface area contributed by atoms with E-state index in [1.54, 1.807) is 18.3 Å². The average molecular weight is 344 g/mol. The predicted octanol–water partition coefficient (Wildman–Crippen LogP) is -0.0802. The monoisotopic (exact) mass is 343 g/mol. The smallest absolute Gasteiger partial charge is 0.303 e. The molecule has 0 spiro atoms. The SMILES string of the molecule is CC(=O)OCC(=O)N[C@@H](Cc1cccnc1Br)C(N)=O. The van der Waals surface area contributed by atoms with E-state index in [2.05, 4.69) is 31.0 Å². The zero-order valence-electron chi connectivity index (χ0n) is 10.8. The van der Waals surface area contributed by atoms with Crippen molar-refractivity contribution in [2.24, 2.45) is 5.73 Å². The Balaban J connectivity index is 2.66. The molecule has 0 aliphatic rings. The number of rotatable bonds is 6. The van der Waals surface area contributed by atoms with Gasteiger partial charge in [0.15, 0.2) is 6.61 Å². The van der Waals surface area contributed by atoms with E-state index in [1.165, 1.54) is 6.92 Å². The highest BCUT2D eigenvalue weighted by Crippen LogP contribution is 2.14. The number of amides is 2. The summed E-state index contributed by atoms with van der Waals surface area (Å²) in [4.78, 5) is 37.5. The number of nitrogens with two attached hydrogens (primary N) is 1. The number of nitrogens with one attached hydrogen (secondary N) is 1. The standard InChI is InChI=1S/C12H14BrN3O4/c1-7(17)20-6-10(18)16-9(12(14)19)5-8-3-2-4-15-11(8)13/h2-4,9H,5-6H2,1H3,(H2,14,19)(H,16,18)/t9-/m0/s1. The van der Waals surface area contributed by atoms with Crippen LogP contribution in [0.1, 0.15) is 12.5 Å². The van der Waals surface area contributed by atoms with Crippen molar-refractivity contribution in [1.29, 1.82) is 0 Å². The lowest BCUT2D eigenvalue weighted by molar-refractivity contribution is -0.146. The summed E-state index contributed by atoms with van der Waals surface area (Å²) in [5.74, 6) is -1.85. The average Bonchev–Trinajstić information content (AvgIpc) is 2.38. The van der Waals surface area contributed by atoms with Gasteiger partial charge in [-0.05, 0) is 27.6 Å². The van der Waals surface area contributed by atoms with Crippen molar-refractivity contribution in [2.45, 2.75) is 19.4 Å². The van der Waals surface area contributed by atoms with Gasteiger partial charge in [0.25, 0.3) is 5.91 Å². The highest BCUT2D eigenvalue weighted by molar-refractivity contribution is 9.10. The van der Waals surface area contributed by atoms with Gasteiger partial charge in [-0.2, -0.15) is 0 Å². The summed E-state index contributed by atoms with van der Waals surface area (Å²) in [6.45, 7) is 0.735. The van der Waals surface area contributed by atoms with Crippen LogP contribution in [0.2, 0.25) is 0 Å². The molecule has 1 atom stereocenters. The van der Waals surface area contributed by atoms with Gasteiger partial charge < -0.3 is 15.8 Å². The number of esters is 1.